The van der Waals surface area contributed by atoms with E-state index in [1.54, 1.807) is 0 Å². The maximum Gasteiger partial charge on any atom is 0.0609 e. The third kappa shape index (κ3) is 4.88. The predicted octanol–water partition coefficient (Wildman–Crippen LogP) is 2.94. The number of hydrogen-bond donors (Lipinski definition) is 1. The van der Waals surface area contributed by atoms with Crippen molar-refractivity contribution in [1.29, 1.82) is 0 Å². The molecule has 0 radical (unpaired) electrons. The van der Waals surface area contributed by atoms with E-state index in [-0.39, 0.29) is 6.10 Å². The lowest BCUT2D eigenvalue weighted by Gasteiger charge is -2.34. The van der Waals surface area contributed by atoms with Crippen molar-refractivity contribution in [3.05, 3.63) is 66.0 Å². The summed E-state index contributed by atoms with van der Waals surface area (Å²) in [6.07, 6.45) is 5.63. The summed E-state index contributed by atoms with van der Waals surface area (Å²) in [5, 5.41) is 10.5. The Balaban J connectivity index is 1.41. The zero-order chi connectivity index (χ0) is 15.9. The van der Waals surface area contributed by atoms with Crippen molar-refractivity contribution in [3.63, 3.8) is 0 Å². The number of aliphatic hydroxyl groups is 1. The summed E-state index contributed by atoms with van der Waals surface area (Å²) in [6, 6.07) is 16.4. The summed E-state index contributed by atoms with van der Waals surface area (Å²) in [5.41, 5.74) is 2.40. The molecule has 0 unspecified atom stereocenters. The zero-order valence-electron chi connectivity index (χ0n) is 13.6. The summed E-state index contributed by atoms with van der Waals surface area (Å²) >= 11 is 0. The van der Waals surface area contributed by atoms with E-state index in [9.17, 15) is 5.11 Å². The van der Waals surface area contributed by atoms with E-state index in [4.69, 9.17) is 0 Å². The van der Waals surface area contributed by atoms with Gasteiger partial charge in [0.2, 0.25) is 0 Å². The van der Waals surface area contributed by atoms with Gasteiger partial charge in [-0.05, 0) is 56.0 Å². The van der Waals surface area contributed by atoms with Gasteiger partial charge in [-0.15, -0.1) is 0 Å². The minimum Gasteiger partial charge on any atom is -0.392 e. The Hall–Kier alpha value is -1.71. The van der Waals surface area contributed by atoms with Gasteiger partial charge in [0.25, 0.3) is 0 Å². The molecule has 0 aliphatic carbocycles. The van der Waals surface area contributed by atoms with Crippen LogP contribution in [0, 0.1) is 5.92 Å². The average molecular weight is 310 g/mol. The van der Waals surface area contributed by atoms with E-state index < -0.39 is 0 Å². The molecule has 1 saturated heterocycles. The van der Waals surface area contributed by atoms with Crippen LogP contribution in [0.15, 0.2) is 54.7 Å². The first-order valence-corrected chi connectivity index (χ1v) is 8.65. The molecular formula is C20H26N2O. The number of rotatable bonds is 6. The molecule has 1 aliphatic rings. The Morgan fingerprint density at radius 3 is 2.48 bits per heavy atom. The van der Waals surface area contributed by atoms with Crippen LogP contribution >= 0.6 is 0 Å². The highest BCUT2D eigenvalue weighted by atomic mass is 16.3. The minimum absolute atomic E-state index is 0.213. The van der Waals surface area contributed by atoms with Crippen molar-refractivity contribution in [2.24, 2.45) is 5.92 Å². The number of piperidine rings is 1. The fraction of sp³-hybridized carbons (Fsp3) is 0.450. The molecule has 3 nitrogen and oxygen atoms in total. The van der Waals surface area contributed by atoms with Crippen molar-refractivity contribution >= 4 is 0 Å². The highest BCUT2D eigenvalue weighted by Gasteiger charge is 2.25. The molecule has 3 heteroatoms. The molecule has 2 heterocycles. The van der Waals surface area contributed by atoms with Crippen LogP contribution < -0.4 is 0 Å². The van der Waals surface area contributed by atoms with Crippen molar-refractivity contribution in [1.82, 2.24) is 9.88 Å². The standard InChI is InChI=1S/C20H26N2O/c23-20(16-17-6-2-1-3-7-17)18-9-13-22(14-10-18)15-11-19-8-4-5-12-21-19/h1-8,12,18,20,23H,9-11,13-16H2/t20-/m0/s1. The minimum atomic E-state index is -0.213. The number of aliphatic hydroxyl groups excluding tert-OH is 1. The predicted molar refractivity (Wildman–Crippen MR) is 93.3 cm³/mol. The molecule has 1 aromatic carbocycles. The van der Waals surface area contributed by atoms with Gasteiger partial charge in [0.15, 0.2) is 0 Å². The van der Waals surface area contributed by atoms with Crippen molar-refractivity contribution in [2.75, 3.05) is 19.6 Å². The summed E-state index contributed by atoms with van der Waals surface area (Å²) in [7, 11) is 0. The van der Waals surface area contributed by atoms with Crippen molar-refractivity contribution < 1.29 is 5.11 Å². The molecule has 1 N–H and O–H groups in total. The van der Waals surface area contributed by atoms with E-state index in [0.717, 1.165) is 45.3 Å². The summed E-state index contributed by atoms with van der Waals surface area (Å²) in [4.78, 5) is 6.89. The zero-order valence-corrected chi connectivity index (χ0v) is 13.6. The van der Waals surface area contributed by atoms with Gasteiger partial charge in [-0.1, -0.05) is 36.4 Å². The SMILES string of the molecule is O[C@@H](Cc1ccccc1)C1CCN(CCc2ccccn2)CC1. The fourth-order valence-electron chi connectivity index (χ4n) is 3.40. The average Bonchev–Trinajstić information content (AvgIpc) is 2.62. The largest absolute Gasteiger partial charge is 0.392 e. The summed E-state index contributed by atoms with van der Waals surface area (Å²) in [6.45, 7) is 3.24. The van der Waals surface area contributed by atoms with Crippen LogP contribution in [-0.4, -0.2) is 40.7 Å². The van der Waals surface area contributed by atoms with Gasteiger partial charge in [-0.25, -0.2) is 0 Å². The lowest BCUT2D eigenvalue weighted by Crippen LogP contribution is -2.39. The Morgan fingerprint density at radius 2 is 1.78 bits per heavy atom. The molecule has 2 aromatic rings. The molecule has 1 aromatic heterocycles. The van der Waals surface area contributed by atoms with Crippen LogP contribution in [0.2, 0.25) is 0 Å². The number of pyridine rings is 1. The van der Waals surface area contributed by atoms with E-state index in [0.29, 0.717) is 5.92 Å². The molecule has 1 atom stereocenters. The molecule has 1 fully saturated rings. The van der Waals surface area contributed by atoms with E-state index in [1.165, 1.54) is 11.3 Å². The molecule has 23 heavy (non-hydrogen) atoms. The lowest BCUT2D eigenvalue weighted by molar-refractivity contribution is 0.0600. The normalized spacial score (nSPS) is 18.0. The van der Waals surface area contributed by atoms with Gasteiger partial charge in [0.05, 0.1) is 6.10 Å². The smallest absolute Gasteiger partial charge is 0.0609 e. The van der Waals surface area contributed by atoms with Crippen LogP contribution in [0.3, 0.4) is 0 Å². The first-order chi connectivity index (χ1) is 11.3. The highest BCUT2D eigenvalue weighted by Crippen LogP contribution is 2.23. The molecule has 0 saturated carbocycles. The second-order valence-electron chi connectivity index (χ2n) is 6.51. The van der Waals surface area contributed by atoms with E-state index >= 15 is 0 Å². The Kier molecular flexibility index (Phi) is 5.78. The van der Waals surface area contributed by atoms with Crippen molar-refractivity contribution in [3.8, 4) is 0 Å². The molecule has 1 aliphatic heterocycles. The van der Waals surface area contributed by atoms with Crippen LogP contribution in [0.1, 0.15) is 24.1 Å². The molecule has 0 spiro atoms. The third-order valence-electron chi connectivity index (χ3n) is 4.87. The fourth-order valence-corrected chi connectivity index (χ4v) is 3.40. The van der Waals surface area contributed by atoms with Crippen LogP contribution in [0.25, 0.3) is 0 Å². The summed E-state index contributed by atoms with van der Waals surface area (Å²) in [5.74, 6) is 0.432. The van der Waals surface area contributed by atoms with Crippen LogP contribution in [0.4, 0.5) is 0 Å². The van der Waals surface area contributed by atoms with Gasteiger partial charge in [0, 0.05) is 24.9 Å². The first kappa shape index (κ1) is 16.2. The van der Waals surface area contributed by atoms with Gasteiger partial charge < -0.3 is 10.0 Å². The number of likely N-dealkylation sites (tertiary alicyclic amines) is 1. The number of hydrogen-bond acceptors (Lipinski definition) is 3. The topological polar surface area (TPSA) is 36.4 Å². The van der Waals surface area contributed by atoms with Crippen molar-refractivity contribution in [2.45, 2.75) is 31.8 Å². The maximum absolute atomic E-state index is 10.5. The van der Waals surface area contributed by atoms with E-state index in [2.05, 4.69) is 34.1 Å². The highest BCUT2D eigenvalue weighted by molar-refractivity contribution is 5.15. The molecule has 3 rings (SSSR count). The summed E-state index contributed by atoms with van der Waals surface area (Å²) < 4.78 is 0. The monoisotopic (exact) mass is 310 g/mol. The van der Waals surface area contributed by atoms with E-state index in [1.807, 2.05) is 30.5 Å². The third-order valence-corrected chi connectivity index (χ3v) is 4.87. The molecular weight excluding hydrogens is 284 g/mol. The molecule has 122 valence electrons. The maximum atomic E-state index is 10.5. The van der Waals surface area contributed by atoms with Crippen LogP contribution in [-0.2, 0) is 12.8 Å². The Morgan fingerprint density at radius 1 is 1.04 bits per heavy atom. The molecule has 0 amide bonds. The second kappa shape index (κ2) is 8.23. The van der Waals surface area contributed by atoms with Gasteiger partial charge >= 0.3 is 0 Å². The Bertz CT molecular complexity index is 565. The number of nitrogens with zero attached hydrogens (tertiary/aromatic N) is 2. The van der Waals surface area contributed by atoms with Gasteiger partial charge in [-0.3, -0.25) is 4.98 Å². The first-order valence-electron chi connectivity index (χ1n) is 8.65. The van der Waals surface area contributed by atoms with Gasteiger partial charge in [0.1, 0.15) is 0 Å². The number of aromatic nitrogens is 1. The Labute approximate surface area is 139 Å². The number of benzene rings is 1. The molecule has 0 bridgehead atoms. The quantitative estimate of drug-likeness (QED) is 0.891. The van der Waals surface area contributed by atoms with Crippen LogP contribution in [0.5, 0.6) is 0 Å². The van der Waals surface area contributed by atoms with Gasteiger partial charge in [-0.2, -0.15) is 0 Å². The lowest BCUT2D eigenvalue weighted by atomic mass is 9.88. The second-order valence-corrected chi connectivity index (χ2v) is 6.51.